The molecule has 0 spiro atoms. The minimum Gasteiger partial charge on any atom is -0.385 e. The van der Waals surface area contributed by atoms with Crippen LogP contribution in [0.2, 0.25) is 0 Å². The summed E-state index contributed by atoms with van der Waals surface area (Å²) in [5.74, 6) is -0.0739. The molecule has 1 saturated carbocycles. The lowest BCUT2D eigenvalue weighted by molar-refractivity contribution is -0.0396. The van der Waals surface area contributed by atoms with Crippen molar-refractivity contribution in [2.75, 3.05) is 19.6 Å². The summed E-state index contributed by atoms with van der Waals surface area (Å²) in [6, 6.07) is 16.8. The van der Waals surface area contributed by atoms with Crippen LogP contribution in [0.15, 0.2) is 60.8 Å². The Balaban J connectivity index is 1.17. The Hall–Kier alpha value is -2.63. The van der Waals surface area contributed by atoms with Gasteiger partial charge in [-0.05, 0) is 57.2 Å². The van der Waals surface area contributed by atoms with Gasteiger partial charge in [-0.2, -0.15) is 0 Å². The van der Waals surface area contributed by atoms with Crippen LogP contribution in [0.5, 0.6) is 0 Å². The highest BCUT2D eigenvalue weighted by Crippen LogP contribution is 2.39. The third-order valence-electron chi connectivity index (χ3n) is 6.95. The fourth-order valence-electron chi connectivity index (χ4n) is 4.91. The summed E-state index contributed by atoms with van der Waals surface area (Å²) in [6.45, 7) is 10.5. The molecule has 0 atom stereocenters. The van der Waals surface area contributed by atoms with Crippen molar-refractivity contribution in [3.63, 3.8) is 0 Å². The van der Waals surface area contributed by atoms with Crippen molar-refractivity contribution in [3.05, 3.63) is 83.1 Å². The molecule has 2 aromatic carbocycles. The number of amides is 1. The highest BCUT2D eigenvalue weighted by molar-refractivity contribution is 5.94. The minimum absolute atomic E-state index is 0.0739. The maximum absolute atomic E-state index is 12.3. The lowest BCUT2D eigenvalue weighted by Crippen LogP contribution is -2.62. The Kier molecular flexibility index (Phi) is 6.68. The molecule has 2 aliphatic rings. The summed E-state index contributed by atoms with van der Waals surface area (Å²) in [5, 5.41) is 17.5. The number of aliphatic hydroxyl groups is 1. The summed E-state index contributed by atoms with van der Waals surface area (Å²) in [5.41, 5.74) is 4.18. The molecule has 0 aromatic heterocycles. The number of nitrogens with one attached hydrogen (secondary N) is 2. The molecule has 2 aromatic rings. The molecular weight excluding hydrogens is 398 g/mol. The molecule has 1 aliphatic carbocycles. The smallest absolute Gasteiger partial charge is 0.251 e. The van der Waals surface area contributed by atoms with Gasteiger partial charge in [-0.15, -0.1) is 0 Å². The molecule has 4 rings (SSSR count). The fraction of sp³-hybridized carbons (Fsp3) is 0.444. The maximum Gasteiger partial charge on any atom is 0.251 e. The Morgan fingerprint density at radius 3 is 2.44 bits per heavy atom. The van der Waals surface area contributed by atoms with Gasteiger partial charge in [0.05, 0.1) is 18.2 Å². The van der Waals surface area contributed by atoms with Crippen LogP contribution in [0.3, 0.4) is 0 Å². The van der Waals surface area contributed by atoms with Crippen LogP contribution in [0.1, 0.15) is 52.7 Å². The Bertz CT molecular complexity index is 955. The van der Waals surface area contributed by atoms with E-state index >= 15 is 0 Å². The molecule has 32 heavy (non-hydrogen) atoms. The van der Waals surface area contributed by atoms with Crippen LogP contribution in [-0.4, -0.2) is 47.6 Å². The monoisotopic (exact) mass is 433 g/mol. The van der Waals surface area contributed by atoms with Gasteiger partial charge in [0.25, 0.3) is 5.91 Å². The zero-order valence-corrected chi connectivity index (χ0v) is 19.2. The van der Waals surface area contributed by atoms with Gasteiger partial charge in [-0.25, -0.2) is 0 Å². The lowest BCUT2D eigenvalue weighted by atomic mass is 9.76. The topological polar surface area (TPSA) is 64.6 Å². The quantitative estimate of drug-likeness (QED) is 0.624. The van der Waals surface area contributed by atoms with Crippen molar-refractivity contribution in [1.82, 2.24) is 15.5 Å². The fourth-order valence-corrected chi connectivity index (χ4v) is 4.91. The maximum atomic E-state index is 12.3. The van der Waals surface area contributed by atoms with Crippen molar-refractivity contribution < 1.29 is 9.90 Å². The van der Waals surface area contributed by atoms with E-state index in [1.54, 1.807) is 0 Å². The lowest BCUT2D eigenvalue weighted by Gasteiger charge is -2.48. The van der Waals surface area contributed by atoms with Crippen LogP contribution in [-0.2, 0) is 5.60 Å². The first-order valence-electron chi connectivity index (χ1n) is 11.7. The molecule has 3 N–H and O–H groups in total. The van der Waals surface area contributed by atoms with Crippen molar-refractivity contribution in [1.29, 1.82) is 0 Å². The standard InChI is InChI=1S/C27H35N3O2/c1-19-7-9-23(10-8-19)27(32)13-11-25(12-14-27)30-17-24(18-30)29-21(3)16-28-26(31)22-6-4-5-20(2)15-22/h4-10,15,24-25,29,32H,3,11-14,16-18H2,1-2H3,(H,28,31)/t25-,27-. The first kappa shape index (κ1) is 22.6. The third-order valence-corrected chi connectivity index (χ3v) is 6.95. The molecule has 0 unspecified atom stereocenters. The number of rotatable bonds is 7. The SMILES string of the molecule is C=C(CNC(=O)c1cccc(C)c1)NC1CN([C@H]2CC[C@@](O)(c3ccc(C)cc3)CC2)C1. The van der Waals surface area contributed by atoms with Crippen LogP contribution in [0.4, 0.5) is 0 Å². The van der Waals surface area contributed by atoms with Crippen molar-refractivity contribution in [2.24, 2.45) is 0 Å². The second-order valence-corrected chi connectivity index (χ2v) is 9.58. The molecule has 1 amide bonds. The van der Waals surface area contributed by atoms with E-state index in [2.05, 4.69) is 53.3 Å². The number of aryl methyl sites for hydroxylation is 2. The van der Waals surface area contributed by atoms with Crippen LogP contribution >= 0.6 is 0 Å². The highest BCUT2D eigenvalue weighted by atomic mass is 16.3. The molecule has 170 valence electrons. The van der Waals surface area contributed by atoms with E-state index in [0.29, 0.717) is 24.2 Å². The largest absolute Gasteiger partial charge is 0.385 e. The summed E-state index contributed by atoms with van der Waals surface area (Å²) < 4.78 is 0. The first-order chi connectivity index (χ1) is 15.3. The second kappa shape index (κ2) is 9.47. The number of benzene rings is 2. The molecule has 2 fully saturated rings. The van der Waals surface area contributed by atoms with Gasteiger partial charge in [0.2, 0.25) is 0 Å². The minimum atomic E-state index is -0.684. The first-order valence-corrected chi connectivity index (χ1v) is 11.7. The summed E-state index contributed by atoms with van der Waals surface area (Å²) >= 11 is 0. The van der Waals surface area contributed by atoms with Gasteiger partial charge in [-0.1, -0.05) is 54.1 Å². The van der Waals surface area contributed by atoms with Crippen LogP contribution in [0, 0.1) is 13.8 Å². The van der Waals surface area contributed by atoms with Crippen molar-refractivity contribution in [3.8, 4) is 0 Å². The molecule has 0 radical (unpaired) electrons. The second-order valence-electron chi connectivity index (χ2n) is 9.58. The predicted octanol–water partition coefficient (Wildman–Crippen LogP) is 3.65. The predicted molar refractivity (Wildman–Crippen MR) is 128 cm³/mol. The molecule has 1 aliphatic heterocycles. The number of carbonyl (C=O) groups is 1. The van der Waals surface area contributed by atoms with Gasteiger partial charge in [-0.3, -0.25) is 9.69 Å². The number of likely N-dealkylation sites (tertiary alicyclic amines) is 1. The van der Waals surface area contributed by atoms with E-state index < -0.39 is 5.60 Å². The molecule has 0 bridgehead atoms. The third kappa shape index (κ3) is 5.22. The van der Waals surface area contributed by atoms with Gasteiger partial charge in [0.15, 0.2) is 0 Å². The molecule has 1 saturated heterocycles. The van der Waals surface area contributed by atoms with E-state index in [1.807, 2.05) is 31.2 Å². The molecule has 5 nitrogen and oxygen atoms in total. The highest BCUT2D eigenvalue weighted by Gasteiger charge is 2.40. The number of nitrogens with zero attached hydrogens (tertiary/aromatic N) is 1. The van der Waals surface area contributed by atoms with E-state index in [9.17, 15) is 9.90 Å². The average Bonchev–Trinajstić information content (AvgIpc) is 2.75. The zero-order chi connectivity index (χ0) is 22.7. The van der Waals surface area contributed by atoms with Crippen molar-refractivity contribution in [2.45, 2.75) is 57.2 Å². The van der Waals surface area contributed by atoms with Gasteiger partial charge in [0, 0.05) is 30.4 Å². The van der Waals surface area contributed by atoms with Crippen molar-refractivity contribution >= 4 is 5.91 Å². The summed E-state index contributed by atoms with van der Waals surface area (Å²) in [7, 11) is 0. The Morgan fingerprint density at radius 2 is 1.78 bits per heavy atom. The Labute approximate surface area is 191 Å². The van der Waals surface area contributed by atoms with E-state index in [-0.39, 0.29) is 5.91 Å². The summed E-state index contributed by atoms with van der Waals surface area (Å²) in [6.07, 6.45) is 3.66. The van der Waals surface area contributed by atoms with E-state index in [0.717, 1.165) is 55.6 Å². The normalized spacial score (nSPS) is 23.9. The van der Waals surface area contributed by atoms with E-state index in [1.165, 1.54) is 5.56 Å². The van der Waals surface area contributed by atoms with Gasteiger partial charge in [0.1, 0.15) is 0 Å². The van der Waals surface area contributed by atoms with E-state index in [4.69, 9.17) is 0 Å². The van der Waals surface area contributed by atoms with Gasteiger partial charge < -0.3 is 15.7 Å². The van der Waals surface area contributed by atoms with Crippen LogP contribution < -0.4 is 10.6 Å². The van der Waals surface area contributed by atoms with Crippen LogP contribution in [0.25, 0.3) is 0 Å². The molecule has 1 heterocycles. The number of carbonyl (C=O) groups excluding carboxylic acids is 1. The number of hydrogen-bond donors (Lipinski definition) is 3. The average molecular weight is 434 g/mol. The summed E-state index contributed by atoms with van der Waals surface area (Å²) in [4.78, 5) is 14.8. The molecule has 5 heteroatoms. The number of hydrogen-bond acceptors (Lipinski definition) is 4. The van der Waals surface area contributed by atoms with Gasteiger partial charge >= 0.3 is 0 Å². The zero-order valence-electron chi connectivity index (χ0n) is 19.2. The molecular formula is C27H35N3O2. The Morgan fingerprint density at radius 1 is 1.09 bits per heavy atom.